The van der Waals surface area contributed by atoms with Gasteiger partial charge in [-0.2, -0.15) is 5.26 Å². The Labute approximate surface area is 118 Å². The van der Waals surface area contributed by atoms with E-state index in [-0.39, 0.29) is 0 Å². The normalized spacial score (nSPS) is 9.89. The predicted octanol–water partition coefficient (Wildman–Crippen LogP) is 4.29. The number of nitrogens with zero attached hydrogens (tertiary/aromatic N) is 2. The van der Waals surface area contributed by atoms with Crippen molar-refractivity contribution in [3.63, 3.8) is 0 Å². The summed E-state index contributed by atoms with van der Waals surface area (Å²) >= 11 is 1.19. The molecule has 0 bridgehead atoms. The SMILES string of the molecule is CCN(Cc1ccccc1)c1ccc(SC#N)cc1. The van der Waals surface area contributed by atoms with Gasteiger partial charge in [0.25, 0.3) is 0 Å². The third kappa shape index (κ3) is 3.77. The van der Waals surface area contributed by atoms with Crippen LogP contribution in [0.4, 0.5) is 5.69 Å². The summed E-state index contributed by atoms with van der Waals surface area (Å²) in [6, 6.07) is 18.6. The third-order valence-electron chi connectivity index (χ3n) is 2.96. The first-order valence-corrected chi connectivity index (χ1v) is 7.10. The first kappa shape index (κ1) is 13.5. The van der Waals surface area contributed by atoms with E-state index in [9.17, 15) is 0 Å². The van der Waals surface area contributed by atoms with E-state index in [1.807, 2.05) is 18.2 Å². The van der Waals surface area contributed by atoms with Gasteiger partial charge < -0.3 is 4.90 Å². The summed E-state index contributed by atoms with van der Waals surface area (Å²) in [7, 11) is 0. The van der Waals surface area contributed by atoms with Gasteiger partial charge >= 0.3 is 0 Å². The molecule has 0 amide bonds. The fourth-order valence-electron chi connectivity index (χ4n) is 1.97. The van der Waals surface area contributed by atoms with Crippen molar-refractivity contribution in [2.75, 3.05) is 11.4 Å². The lowest BCUT2D eigenvalue weighted by molar-refractivity contribution is 0.831. The highest BCUT2D eigenvalue weighted by Crippen LogP contribution is 2.22. The molecule has 3 heteroatoms. The van der Waals surface area contributed by atoms with E-state index in [4.69, 9.17) is 5.26 Å². The van der Waals surface area contributed by atoms with E-state index in [1.54, 1.807) is 0 Å². The van der Waals surface area contributed by atoms with Crippen molar-refractivity contribution < 1.29 is 0 Å². The summed E-state index contributed by atoms with van der Waals surface area (Å²) in [6.45, 7) is 4.02. The second kappa shape index (κ2) is 6.86. The molecule has 0 fully saturated rings. The Morgan fingerprint density at radius 1 is 1.05 bits per heavy atom. The molecule has 0 N–H and O–H groups in total. The molecule has 0 saturated heterocycles. The van der Waals surface area contributed by atoms with Crippen LogP contribution >= 0.6 is 11.8 Å². The number of hydrogen-bond donors (Lipinski definition) is 0. The average molecular weight is 268 g/mol. The predicted molar refractivity (Wildman–Crippen MR) is 81.1 cm³/mol. The maximum atomic E-state index is 8.64. The van der Waals surface area contributed by atoms with Crippen molar-refractivity contribution in [3.8, 4) is 5.40 Å². The number of thioether (sulfide) groups is 1. The van der Waals surface area contributed by atoms with Crippen molar-refractivity contribution >= 4 is 17.4 Å². The van der Waals surface area contributed by atoms with Crippen LogP contribution in [0.25, 0.3) is 0 Å². The molecule has 0 spiro atoms. The molecule has 2 nitrogen and oxygen atoms in total. The van der Waals surface area contributed by atoms with Gasteiger partial charge in [-0.15, -0.1) is 0 Å². The van der Waals surface area contributed by atoms with Gasteiger partial charge in [0.1, 0.15) is 5.40 Å². The Kier molecular flexibility index (Phi) is 4.88. The molecule has 2 aromatic rings. The quantitative estimate of drug-likeness (QED) is 0.598. The number of rotatable bonds is 5. The molecule has 0 aliphatic heterocycles. The van der Waals surface area contributed by atoms with Gasteiger partial charge in [0.05, 0.1) is 0 Å². The van der Waals surface area contributed by atoms with Crippen LogP contribution in [0, 0.1) is 10.7 Å². The fraction of sp³-hybridized carbons (Fsp3) is 0.188. The monoisotopic (exact) mass is 268 g/mol. The summed E-state index contributed by atoms with van der Waals surface area (Å²) < 4.78 is 0. The smallest absolute Gasteiger partial charge is 0.138 e. The topological polar surface area (TPSA) is 27.0 Å². The molecule has 0 saturated carbocycles. The van der Waals surface area contributed by atoms with Gasteiger partial charge in [-0.25, -0.2) is 0 Å². The van der Waals surface area contributed by atoms with Crippen molar-refractivity contribution in [1.82, 2.24) is 0 Å². The summed E-state index contributed by atoms with van der Waals surface area (Å²) in [5.41, 5.74) is 2.49. The Morgan fingerprint density at radius 2 is 1.74 bits per heavy atom. The van der Waals surface area contributed by atoms with Crippen LogP contribution in [0.3, 0.4) is 0 Å². The van der Waals surface area contributed by atoms with E-state index in [0.29, 0.717) is 0 Å². The van der Waals surface area contributed by atoms with Crippen LogP contribution in [-0.4, -0.2) is 6.54 Å². The van der Waals surface area contributed by atoms with Crippen LogP contribution in [0.2, 0.25) is 0 Å². The molecule has 0 atom stereocenters. The molecule has 0 aliphatic rings. The molecule has 0 heterocycles. The lowest BCUT2D eigenvalue weighted by atomic mass is 10.2. The second-order valence-electron chi connectivity index (χ2n) is 4.19. The van der Waals surface area contributed by atoms with Crippen LogP contribution in [-0.2, 0) is 6.54 Å². The fourth-order valence-corrected chi connectivity index (χ4v) is 2.34. The van der Waals surface area contributed by atoms with E-state index in [1.165, 1.54) is 23.0 Å². The summed E-state index contributed by atoms with van der Waals surface area (Å²) in [6.07, 6.45) is 0. The van der Waals surface area contributed by atoms with Crippen LogP contribution < -0.4 is 4.90 Å². The standard InChI is InChI=1S/C16H16N2S/c1-2-18(12-14-6-4-3-5-7-14)15-8-10-16(11-9-15)19-13-17/h3-11H,2,12H2,1H3. The Hall–Kier alpha value is -1.92. The van der Waals surface area contributed by atoms with E-state index in [2.05, 4.69) is 53.6 Å². The number of anilines is 1. The van der Waals surface area contributed by atoms with Gasteiger partial charge in [0.15, 0.2) is 0 Å². The van der Waals surface area contributed by atoms with Crippen molar-refractivity contribution in [2.24, 2.45) is 0 Å². The lowest BCUT2D eigenvalue weighted by Gasteiger charge is -2.23. The summed E-state index contributed by atoms with van der Waals surface area (Å²) in [5, 5.41) is 10.7. The largest absolute Gasteiger partial charge is 0.367 e. The highest BCUT2D eigenvalue weighted by Gasteiger charge is 2.05. The van der Waals surface area contributed by atoms with Crippen molar-refractivity contribution in [3.05, 3.63) is 60.2 Å². The average Bonchev–Trinajstić information content (AvgIpc) is 2.47. The van der Waals surface area contributed by atoms with Crippen molar-refractivity contribution in [2.45, 2.75) is 18.4 Å². The zero-order chi connectivity index (χ0) is 13.5. The summed E-state index contributed by atoms with van der Waals surface area (Å²) in [4.78, 5) is 3.30. The maximum Gasteiger partial charge on any atom is 0.138 e. The molecule has 0 aromatic heterocycles. The zero-order valence-corrected chi connectivity index (χ0v) is 11.7. The lowest BCUT2D eigenvalue weighted by Crippen LogP contribution is -2.21. The highest BCUT2D eigenvalue weighted by atomic mass is 32.2. The first-order valence-electron chi connectivity index (χ1n) is 6.28. The molecule has 96 valence electrons. The number of hydrogen-bond acceptors (Lipinski definition) is 3. The molecule has 0 unspecified atom stereocenters. The molecule has 2 rings (SSSR count). The number of benzene rings is 2. The molecule has 19 heavy (non-hydrogen) atoms. The number of thiocyanates is 1. The van der Waals surface area contributed by atoms with Gasteiger partial charge in [0.2, 0.25) is 0 Å². The molecular weight excluding hydrogens is 252 g/mol. The summed E-state index contributed by atoms with van der Waals surface area (Å²) in [5.74, 6) is 0. The third-order valence-corrected chi connectivity index (χ3v) is 3.56. The van der Waals surface area contributed by atoms with Gasteiger partial charge in [-0.3, -0.25) is 0 Å². The van der Waals surface area contributed by atoms with E-state index in [0.717, 1.165) is 18.0 Å². The minimum Gasteiger partial charge on any atom is -0.367 e. The molecule has 2 aromatic carbocycles. The Balaban J connectivity index is 2.11. The van der Waals surface area contributed by atoms with Crippen LogP contribution in [0.15, 0.2) is 59.5 Å². The highest BCUT2D eigenvalue weighted by molar-refractivity contribution is 8.03. The molecular formula is C16H16N2S. The first-order chi connectivity index (χ1) is 9.33. The van der Waals surface area contributed by atoms with Gasteiger partial charge in [-0.1, -0.05) is 30.3 Å². The van der Waals surface area contributed by atoms with Crippen LogP contribution in [0.1, 0.15) is 12.5 Å². The zero-order valence-electron chi connectivity index (χ0n) is 10.9. The Morgan fingerprint density at radius 3 is 2.32 bits per heavy atom. The minimum absolute atomic E-state index is 0.905. The minimum atomic E-state index is 0.905. The second-order valence-corrected chi connectivity index (χ2v) is 5.05. The maximum absolute atomic E-state index is 8.64. The molecule has 0 radical (unpaired) electrons. The van der Waals surface area contributed by atoms with Gasteiger partial charge in [-0.05, 0) is 48.5 Å². The number of nitriles is 1. The van der Waals surface area contributed by atoms with Gasteiger partial charge in [0, 0.05) is 23.7 Å². The van der Waals surface area contributed by atoms with E-state index < -0.39 is 0 Å². The van der Waals surface area contributed by atoms with E-state index >= 15 is 0 Å². The van der Waals surface area contributed by atoms with Crippen molar-refractivity contribution in [1.29, 1.82) is 5.26 Å². The molecule has 0 aliphatic carbocycles. The van der Waals surface area contributed by atoms with Crippen LogP contribution in [0.5, 0.6) is 0 Å². The Bertz CT molecular complexity index is 543.